The fraction of sp³-hybridized carbons (Fsp3) is 0.400. The average molecular weight is 338 g/mol. The third kappa shape index (κ3) is 3.67. The molecule has 0 bridgehead atoms. The molecule has 0 spiro atoms. The van der Waals surface area contributed by atoms with Crippen molar-refractivity contribution in [1.82, 2.24) is 15.5 Å². The Bertz CT molecular complexity index is 699. The Labute approximate surface area is 136 Å². The van der Waals surface area contributed by atoms with Gasteiger partial charge in [-0.05, 0) is 37.1 Å². The number of halogens is 2. The van der Waals surface area contributed by atoms with Gasteiger partial charge in [-0.15, -0.1) is 0 Å². The van der Waals surface area contributed by atoms with E-state index in [-0.39, 0.29) is 24.0 Å². The van der Waals surface area contributed by atoms with Gasteiger partial charge in [0.1, 0.15) is 0 Å². The van der Waals surface area contributed by atoms with Crippen molar-refractivity contribution >= 4 is 11.7 Å². The Hall–Kier alpha value is -2.55. The number of alkyl halides is 2. The molecule has 2 amide bonds. The first-order valence-electron chi connectivity index (χ1n) is 7.37. The number of nitrogens with one attached hydrogen (secondary N) is 2. The molecule has 1 heterocycles. The minimum absolute atomic E-state index is 0.0707. The van der Waals surface area contributed by atoms with Gasteiger partial charge in [-0.3, -0.25) is 0 Å². The van der Waals surface area contributed by atoms with Crippen molar-refractivity contribution < 1.29 is 22.8 Å². The molecule has 0 saturated heterocycles. The Morgan fingerprint density at radius 3 is 2.62 bits per heavy atom. The van der Waals surface area contributed by atoms with Crippen LogP contribution in [0.5, 0.6) is 0 Å². The standard InChI is InChI=1S/C15H16F2N4O3/c1-23-11-6-10(7-11)19-15(22)18-9-4-2-8(3-5-9)13-20-14(12(16)17)24-21-13/h2-5,10-12H,6-7H2,1H3,(H2,18,19,22). The summed E-state index contributed by atoms with van der Waals surface area (Å²) in [6.07, 6.45) is -0.997. The van der Waals surface area contributed by atoms with E-state index in [2.05, 4.69) is 25.3 Å². The van der Waals surface area contributed by atoms with Crippen molar-refractivity contribution in [2.45, 2.75) is 31.4 Å². The summed E-state index contributed by atoms with van der Waals surface area (Å²) in [5, 5.41) is 9.03. The number of anilines is 1. The zero-order valence-corrected chi connectivity index (χ0v) is 12.8. The maximum absolute atomic E-state index is 12.4. The highest BCUT2D eigenvalue weighted by molar-refractivity contribution is 5.89. The maximum Gasteiger partial charge on any atom is 0.319 e. The topological polar surface area (TPSA) is 89.3 Å². The van der Waals surface area contributed by atoms with E-state index in [0.717, 1.165) is 12.8 Å². The molecule has 1 aliphatic rings. The molecule has 3 rings (SSSR count). The van der Waals surface area contributed by atoms with Gasteiger partial charge in [-0.25, -0.2) is 4.79 Å². The van der Waals surface area contributed by atoms with Gasteiger partial charge in [0, 0.05) is 24.4 Å². The van der Waals surface area contributed by atoms with E-state index >= 15 is 0 Å². The summed E-state index contributed by atoms with van der Waals surface area (Å²) in [4.78, 5) is 15.5. The Balaban J connectivity index is 1.55. The number of nitrogens with zero attached hydrogens (tertiary/aromatic N) is 2. The number of ether oxygens (including phenoxy) is 1. The van der Waals surface area contributed by atoms with Gasteiger partial charge in [0.05, 0.1) is 6.10 Å². The lowest BCUT2D eigenvalue weighted by Gasteiger charge is -2.34. The molecular formula is C15H16F2N4O3. The van der Waals surface area contributed by atoms with Crippen molar-refractivity contribution in [2.75, 3.05) is 12.4 Å². The Morgan fingerprint density at radius 1 is 1.33 bits per heavy atom. The van der Waals surface area contributed by atoms with E-state index in [0.29, 0.717) is 11.3 Å². The summed E-state index contributed by atoms with van der Waals surface area (Å²) in [7, 11) is 1.65. The van der Waals surface area contributed by atoms with Gasteiger partial charge in [0.25, 0.3) is 5.89 Å². The lowest BCUT2D eigenvalue weighted by molar-refractivity contribution is 0.0210. The molecule has 1 aromatic carbocycles. The van der Waals surface area contributed by atoms with Crippen LogP contribution in [-0.2, 0) is 4.74 Å². The summed E-state index contributed by atoms with van der Waals surface area (Å²) in [6, 6.07) is 6.29. The molecule has 2 N–H and O–H groups in total. The van der Waals surface area contributed by atoms with E-state index in [9.17, 15) is 13.6 Å². The first-order chi connectivity index (χ1) is 11.5. The van der Waals surface area contributed by atoms with Crippen molar-refractivity contribution in [1.29, 1.82) is 0 Å². The molecular weight excluding hydrogens is 322 g/mol. The summed E-state index contributed by atoms with van der Waals surface area (Å²) in [6.45, 7) is 0. The molecule has 1 aromatic heterocycles. The van der Waals surface area contributed by atoms with Crippen molar-refractivity contribution in [3.8, 4) is 11.4 Å². The summed E-state index contributed by atoms with van der Waals surface area (Å²) >= 11 is 0. The predicted octanol–water partition coefficient (Wildman–Crippen LogP) is 2.97. The van der Waals surface area contributed by atoms with Crippen LogP contribution in [0.1, 0.15) is 25.2 Å². The molecule has 2 aromatic rings. The van der Waals surface area contributed by atoms with Crippen LogP contribution in [0.4, 0.5) is 19.3 Å². The molecule has 0 radical (unpaired) electrons. The third-order valence-corrected chi connectivity index (χ3v) is 3.79. The third-order valence-electron chi connectivity index (χ3n) is 3.79. The fourth-order valence-corrected chi connectivity index (χ4v) is 2.37. The van der Waals surface area contributed by atoms with E-state index < -0.39 is 12.3 Å². The number of methoxy groups -OCH3 is 1. The average Bonchev–Trinajstić information content (AvgIpc) is 3.01. The molecule has 0 atom stereocenters. The number of benzene rings is 1. The fourth-order valence-electron chi connectivity index (χ4n) is 2.37. The molecule has 7 nitrogen and oxygen atoms in total. The van der Waals surface area contributed by atoms with Gasteiger partial charge in [-0.1, -0.05) is 5.16 Å². The van der Waals surface area contributed by atoms with Crippen LogP contribution >= 0.6 is 0 Å². The van der Waals surface area contributed by atoms with Crippen LogP contribution < -0.4 is 10.6 Å². The van der Waals surface area contributed by atoms with E-state index in [1.165, 1.54) is 0 Å². The van der Waals surface area contributed by atoms with Crippen molar-refractivity contribution in [2.24, 2.45) is 0 Å². The van der Waals surface area contributed by atoms with Crippen LogP contribution in [0.3, 0.4) is 0 Å². The van der Waals surface area contributed by atoms with E-state index in [4.69, 9.17) is 4.74 Å². The van der Waals surface area contributed by atoms with E-state index in [1.807, 2.05) is 0 Å². The van der Waals surface area contributed by atoms with Crippen LogP contribution in [0.2, 0.25) is 0 Å². The second-order valence-electron chi connectivity index (χ2n) is 5.46. The highest BCUT2D eigenvalue weighted by atomic mass is 19.3. The lowest BCUT2D eigenvalue weighted by Crippen LogP contribution is -2.48. The van der Waals surface area contributed by atoms with Gasteiger partial charge in [0.15, 0.2) is 0 Å². The SMILES string of the molecule is COC1CC(NC(=O)Nc2ccc(-c3noc(C(F)F)n3)cc2)C1. The molecule has 1 fully saturated rings. The molecule has 1 saturated carbocycles. The molecule has 0 aliphatic heterocycles. The summed E-state index contributed by atoms with van der Waals surface area (Å²) in [5.74, 6) is -0.650. The maximum atomic E-state index is 12.4. The number of hydrogen-bond acceptors (Lipinski definition) is 5. The number of carbonyl (C=O) groups excluding carboxylic acids is 1. The van der Waals surface area contributed by atoms with Crippen molar-refractivity contribution in [3.63, 3.8) is 0 Å². The molecule has 128 valence electrons. The highest BCUT2D eigenvalue weighted by Gasteiger charge is 2.30. The minimum Gasteiger partial charge on any atom is -0.381 e. The summed E-state index contributed by atoms with van der Waals surface area (Å²) in [5.41, 5.74) is 1.08. The van der Waals surface area contributed by atoms with Crippen LogP contribution in [0, 0.1) is 0 Å². The second kappa shape index (κ2) is 6.91. The van der Waals surface area contributed by atoms with E-state index in [1.54, 1.807) is 31.4 Å². The van der Waals surface area contributed by atoms with Crippen LogP contribution in [-0.4, -0.2) is 35.4 Å². The van der Waals surface area contributed by atoms with Crippen LogP contribution in [0.15, 0.2) is 28.8 Å². The molecule has 24 heavy (non-hydrogen) atoms. The molecule has 1 aliphatic carbocycles. The number of amides is 2. The predicted molar refractivity (Wildman–Crippen MR) is 80.7 cm³/mol. The minimum atomic E-state index is -2.81. The monoisotopic (exact) mass is 338 g/mol. The zero-order chi connectivity index (χ0) is 17.1. The number of carbonyl (C=O) groups is 1. The lowest BCUT2D eigenvalue weighted by atomic mass is 9.89. The van der Waals surface area contributed by atoms with Gasteiger partial charge in [0.2, 0.25) is 5.82 Å². The zero-order valence-electron chi connectivity index (χ0n) is 12.8. The van der Waals surface area contributed by atoms with Crippen molar-refractivity contribution in [3.05, 3.63) is 30.2 Å². The Morgan fingerprint density at radius 2 is 2.04 bits per heavy atom. The number of urea groups is 1. The van der Waals surface area contributed by atoms with Crippen LogP contribution in [0.25, 0.3) is 11.4 Å². The Kier molecular flexibility index (Phi) is 4.70. The first-order valence-corrected chi connectivity index (χ1v) is 7.37. The molecule has 0 unspecified atom stereocenters. The number of aromatic nitrogens is 2. The molecule has 9 heteroatoms. The second-order valence-corrected chi connectivity index (χ2v) is 5.46. The smallest absolute Gasteiger partial charge is 0.319 e. The highest BCUT2D eigenvalue weighted by Crippen LogP contribution is 2.24. The summed E-state index contributed by atoms with van der Waals surface area (Å²) < 4.78 is 34.5. The number of hydrogen-bond donors (Lipinski definition) is 2. The largest absolute Gasteiger partial charge is 0.381 e. The van der Waals surface area contributed by atoms with Gasteiger partial charge >= 0.3 is 12.5 Å². The first kappa shape index (κ1) is 16.3. The normalized spacial score (nSPS) is 19.8. The number of rotatable bonds is 5. The van der Waals surface area contributed by atoms with Gasteiger partial charge < -0.3 is 19.9 Å². The van der Waals surface area contributed by atoms with Gasteiger partial charge in [-0.2, -0.15) is 13.8 Å². The quantitative estimate of drug-likeness (QED) is 0.875.